The number of imidazole rings is 1. The summed E-state index contributed by atoms with van der Waals surface area (Å²) in [6.45, 7) is 9.83. The molecule has 1 aliphatic heterocycles. The van der Waals surface area contributed by atoms with Crippen molar-refractivity contribution in [3.63, 3.8) is 0 Å². The lowest BCUT2D eigenvalue weighted by molar-refractivity contribution is 0.313. The predicted molar refractivity (Wildman–Crippen MR) is 78.8 cm³/mol. The smallest absolute Gasteiger partial charge is 0.114 e. The Bertz CT molecular complexity index is 589. The van der Waals surface area contributed by atoms with Crippen LogP contribution in [0.2, 0.25) is 0 Å². The molecule has 1 aliphatic rings. The molecule has 0 bridgehead atoms. The van der Waals surface area contributed by atoms with E-state index in [1.807, 2.05) is 12.5 Å². The molecule has 0 amide bonds. The largest absolute Gasteiger partial charge is 0.355 e. The fraction of sp³-hybridized carbons (Fsp3) is 0.533. The first-order valence-corrected chi connectivity index (χ1v) is 7.04. The molecule has 4 nitrogen and oxygen atoms in total. The normalized spacial score (nSPS) is 24.1. The second-order valence-electron chi connectivity index (χ2n) is 5.84. The summed E-state index contributed by atoms with van der Waals surface area (Å²) in [5, 5.41) is 3.63. The predicted octanol–water partition coefficient (Wildman–Crippen LogP) is 2.22. The Labute approximate surface area is 114 Å². The molecule has 2 aromatic heterocycles. The van der Waals surface area contributed by atoms with Crippen molar-refractivity contribution in [3.05, 3.63) is 30.2 Å². The standard InChI is InChI=1S/C15H22N4/c1-4-15(3)10-18(6-5-17-15)14-8-12(2)7-13-9-16-11-19(13)14/h7-9,11,17H,4-6,10H2,1-3H3. The number of nitrogens with one attached hydrogen (secondary N) is 1. The van der Waals surface area contributed by atoms with Gasteiger partial charge in [-0.1, -0.05) is 6.92 Å². The molecule has 4 heteroatoms. The van der Waals surface area contributed by atoms with Gasteiger partial charge in [0.2, 0.25) is 0 Å². The van der Waals surface area contributed by atoms with E-state index in [0.29, 0.717) is 0 Å². The van der Waals surface area contributed by atoms with Crippen LogP contribution in [-0.4, -0.2) is 34.6 Å². The molecular formula is C15H22N4. The maximum Gasteiger partial charge on any atom is 0.114 e. The number of nitrogens with zero attached hydrogens (tertiary/aromatic N) is 3. The van der Waals surface area contributed by atoms with E-state index in [9.17, 15) is 0 Å². The van der Waals surface area contributed by atoms with Crippen LogP contribution >= 0.6 is 0 Å². The van der Waals surface area contributed by atoms with Gasteiger partial charge in [-0.3, -0.25) is 4.40 Å². The Morgan fingerprint density at radius 3 is 3.05 bits per heavy atom. The number of fused-ring (bicyclic) bond motifs is 1. The van der Waals surface area contributed by atoms with Crippen molar-refractivity contribution in [1.82, 2.24) is 14.7 Å². The highest BCUT2D eigenvalue weighted by Crippen LogP contribution is 2.24. The summed E-state index contributed by atoms with van der Waals surface area (Å²) in [5.41, 5.74) is 2.67. The first-order valence-electron chi connectivity index (χ1n) is 7.04. The first-order chi connectivity index (χ1) is 9.11. The third-order valence-corrected chi connectivity index (χ3v) is 4.22. The molecular weight excluding hydrogens is 236 g/mol. The first kappa shape index (κ1) is 12.5. The maximum absolute atomic E-state index is 4.28. The lowest BCUT2D eigenvalue weighted by atomic mass is 9.96. The lowest BCUT2D eigenvalue weighted by Crippen LogP contribution is -2.58. The number of aryl methyl sites for hydroxylation is 1. The molecule has 1 N–H and O–H groups in total. The summed E-state index contributed by atoms with van der Waals surface area (Å²) >= 11 is 0. The van der Waals surface area contributed by atoms with Crippen LogP contribution in [0.1, 0.15) is 25.8 Å². The average Bonchev–Trinajstić information content (AvgIpc) is 2.86. The van der Waals surface area contributed by atoms with Crippen LogP contribution in [0, 0.1) is 6.92 Å². The van der Waals surface area contributed by atoms with Crippen molar-refractivity contribution >= 4 is 11.3 Å². The molecule has 0 spiro atoms. The molecule has 3 heterocycles. The van der Waals surface area contributed by atoms with Crippen LogP contribution in [0.3, 0.4) is 0 Å². The fourth-order valence-electron chi connectivity index (χ4n) is 2.88. The highest BCUT2D eigenvalue weighted by atomic mass is 15.3. The van der Waals surface area contributed by atoms with E-state index in [4.69, 9.17) is 0 Å². The van der Waals surface area contributed by atoms with Crippen molar-refractivity contribution in [3.8, 4) is 0 Å². The molecule has 1 atom stereocenters. The average molecular weight is 258 g/mol. The third kappa shape index (κ3) is 2.21. The number of hydrogen-bond donors (Lipinski definition) is 1. The molecule has 102 valence electrons. The van der Waals surface area contributed by atoms with Gasteiger partial charge in [0.05, 0.1) is 11.7 Å². The van der Waals surface area contributed by atoms with Gasteiger partial charge in [-0.15, -0.1) is 0 Å². The lowest BCUT2D eigenvalue weighted by Gasteiger charge is -2.42. The van der Waals surface area contributed by atoms with Crippen LogP contribution < -0.4 is 10.2 Å². The van der Waals surface area contributed by atoms with E-state index in [1.165, 1.54) is 16.9 Å². The van der Waals surface area contributed by atoms with Crippen LogP contribution in [0.5, 0.6) is 0 Å². The van der Waals surface area contributed by atoms with E-state index in [0.717, 1.165) is 26.1 Å². The summed E-state index contributed by atoms with van der Waals surface area (Å²) in [7, 11) is 0. The van der Waals surface area contributed by atoms with Crippen molar-refractivity contribution in [2.45, 2.75) is 32.7 Å². The van der Waals surface area contributed by atoms with Gasteiger partial charge in [0, 0.05) is 25.2 Å². The zero-order valence-corrected chi connectivity index (χ0v) is 12.0. The molecule has 1 fully saturated rings. The molecule has 1 saturated heterocycles. The van der Waals surface area contributed by atoms with Gasteiger partial charge in [-0.25, -0.2) is 4.98 Å². The maximum atomic E-state index is 4.28. The molecule has 0 radical (unpaired) electrons. The van der Waals surface area contributed by atoms with Gasteiger partial charge in [-0.05, 0) is 38.0 Å². The Morgan fingerprint density at radius 2 is 2.26 bits per heavy atom. The van der Waals surface area contributed by atoms with Gasteiger partial charge >= 0.3 is 0 Å². The van der Waals surface area contributed by atoms with Gasteiger partial charge in [-0.2, -0.15) is 0 Å². The summed E-state index contributed by atoms with van der Waals surface area (Å²) in [6.07, 6.45) is 4.98. The summed E-state index contributed by atoms with van der Waals surface area (Å²) in [4.78, 5) is 6.75. The van der Waals surface area contributed by atoms with Gasteiger partial charge in [0.1, 0.15) is 12.1 Å². The minimum absolute atomic E-state index is 0.203. The number of rotatable bonds is 2. The Morgan fingerprint density at radius 1 is 1.42 bits per heavy atom. The van der Waals surface area contributed by atoms with Crippen molar-refractivity contribution in [2.24, 2.45) is 0 Å². The van der Waals surface area contributed by atoms with E-state index in [2.05, 4.69) is 52.5 Å². The molecule has 0 saturated carbocycles. The van der Waals surface area contributed by atoms with Crippen molar-refractivity contribution in [1.29, 1.82) is 0 Å². The van der Waals surface area contributed by atoms with Gasteiger partial charge in [0.15, 0.2) is 0 Å². The minimum Gasteiger partial charge on any atom is -0.355 e. The van der Waals surface area contributed by atoms with Crippen LogP contribution in [0.25, 0.3) is 5.52 Å². The highest BCUT2D eigenvalue weighted by Gasteiger charge is 2.29. The number of aromatic nitrogens is 2. The highest BCUT2D eigenvalue weighted by molar-refractivity contribution is 5.57. The van der Waals surface area contributed by atoms with E-state index >= 15 is 0 Å². The number of pyridine rings is 1. The molecule has 0 aromatic carbocycles. The molecule has 19 heavy (non-hydrogen) atoms. The molecule has 0 aliphatic carbocycles. The molecule has 3 rings (SSSR count). The zero-order chi connectivity index (χ0) is 13.5. The second kappa shape index (κ2) is 4.53. The van der Waals surface area contributed by atoms with E-state index < -0.39 is 0 Å². The van der Waals surface area contributed by atoms with Gasteiger partial charge in [0.25, 0.3) is 0 Å². The third-order valence-electron chi connectivity index (χ3n) is 4.22. The quantitative estimate of drug-likeness (QED) is 0.896. The Kier molecular flexibility index (Phi) is 2.97. The topological polar surface area (TPSA) is 32.6 Å². The monoisotopic (exact) mass is 258 g/mol. The van der Waals surface area contributed by atoms with Gasteiger partial charge < -0.3 is 10.2 Å². The molecule has 1 unspecified atom stereocenters. The van der Waals surface area contributed by atoms with E-state index in [-0.39, 0.29) is 5.54 Å². The zero-order valence-electron chi connectivity index (χ0n) is 12.0. The minimum atomic E-state index is 0.203. The van der Waals surface area contributed by atoms with Crippen molar-refractivity contribution in [2.75, 3.05) is 24.5 Å². The number of anilines is 1. The Balaban J connectivity index is 2.01. The number of piperazine rings is 1. The summed E-state index contributed by atoms with van der Waals surface area (Å²) in [6, 6.07) is 4.44. The van der Waals surface area contributed by atoms with Crippen LogP contribution in [-0.2, 0) is 0 Å². The molecule has 2 aromatic rings. The number of hydrogen-bond acceptors (Lipinski definition) is 3. The summed E-state index contributed by atoms with van der Waals surface area (Å²) in [5.74, 6) is 1.26. The second-order valence-corrected chi connectivity index (χ2v) is 5.84. The SMILES string of the molecule is CCC1(C)CN(c2cc(C)cc3cncn23)CCN1. The van der Waals surface area contributed by atoms with Crippen LogP contribution in [0.15, 0.2) is 24.7 Å². The van der Waals surface area contributed by atoms with Crippen LogP contribution in [0.4, 0.5) is 5.82 Å². The summed E-state index contributed by atoms with van der Waals surface area (Å²) < 4.78 is 2.19. The van der Waals surface area contributed by atoms with Crippen molar-refractivity contribution < 1.29 is 0 Å². The fourth-order valence-corrected chi connectivity index (χ4v) is 2.88. The van der Waals surface area contributed by atoms with E-state index in [1.54, 1.807) is 0 Å². The Hall–Kier alpha value is -1.55.